The predicted molar refractivity (Wildman–Crippen MR) is 75.8 cm³/mol. The maximum atomic E-state index is 12.1. The predicted octanol–water partition coefficient (Wildman–Crippen LogP) is 2.68. The summed E-state index contributed by atoms with van der Waals surface area (Å²) in [5.41, 5.74) is 0.965. The number of fused-ring (bicyclic) bond motifs is 1. The van der Waals surface area contributed by atoms with E-state index in [1.54, 1.807) is 6.07 Å². The summed E-state index contributed by atoms with van der Waals surface area (Å²) in [5.74, 6) is 1.05. The van der Waals surface area contributed by atoms with E-state index in [4.69, 9.17) is 0 Å². The van der Waals surface area contributed by atoms with Crippen molar-refractivity contribution in [2.75, 3.05) is 12.3 Å². The molecule has 0 bridgehead atoms. The molecule has 0 spiro atoms. The fourth-order valence-corrected chi connectivity index (χ4v) is 4.95. The zero-order valence-electron chi connectivity index (χ0n) is 11.1. The van der Waals surface area contributed by atoms with Crippen molar-refractivity contribution in [1.29, 1.82) is 0 Å². The van der Waals surface area contributed by atoms with Gasteiger partial charge in [-0.15, -0.1) is 0 Å². The number of hydrogen-bond acceptors (Lipinski definition) is 3. The summed E-state index contributed by atoms with van der Waals surface area (Å²) in [6.45, 7) is 1.03. The molecule has 1 aliphatic heterocycles. The van der Waals surface area contributed by atoms with E-state index in [9.17, 15) is 8.42 Å². The molecule has 1 unspecified atom stereocenters. The third kappa shape index (κ3) is 2.70. The molecule has 0 radical (unpaired) electrons. The van der Waals surface area contributed by atoms with E-state index in [-0.39, 0.29) is 11.8 Å². The molecule has 1 aromatic rings. The molecule has 1 saturated carbocycles. The van der Waals surface area contributed by atoms with Crippen molar-refractivity contribution in [2.24, 2.45) is 5.92 Å². The van der Waals surface area contributed by atoms with Crippen LogP contribution in [-0.4, -0.2) is 20.7 Å². The molecule has 0 saturated heterocycles. The topological polar surface area (TPSA) is 46.2 Å². The quantitative estimate of drug-likeness (QED) is 0.925. The molecule has 1 N–H and O–H groups in total. The SMILES string of the molecule is O=S1(=O)CCC(NCC2CCCC2)c2ccccc21. The Morgan fingerprint density at radius 1 is 1.11 bits per heavy atom. The number of nitrogens with one attached hydrogen (secondary N) is 1. The minimum atomic E-state index is -3.05. The Bertz CT molecular complexity index is 547. The molecule has 4 heteroatoms. The maximum absolute atomic E-state index is 12.1. The van der Waals surface area contributed by atoms with Crippen molar-refractivity contribution in [1.82, 2.24) is 5.32 Å². The molecule has 1 atom stereocenters. The van der Waals surface area contributed by atoms with E-state index in [0.717, 1.165) is 18.0 Å². The van der Waals surface area contributed by atoms with Gasteiger partial charge in [-0.25, -0.2) is 8.42 Å². The van der Waals surface area contributed by atoms with Crippen LogP contribution < -0.4 is 5.32 Å². The molecule has 1 aliphatic carbocycles. The third-order valence-electron chi connectivity index (χ3n) is 4.43. The minimum absolute atomic E-state index is 0.209. The molecule has 1 aromatic carbocycles. The lowest BCUT2D eigenvalue weighted by Crippen LogP contribution is -2.32. The van der Waals surface area contributed by atoms with Crippen LogP contribution in [0.2, 0.25) is 0 Å². The summed E-state index contributed by atoms with van der Waals surface area (Å²) in [7, 11) is -3.05. The molecular weight excluding hydrogens is 258 g/mol. The van der Waals surface area contributed by atoms with Crippen LogP contribution in [-0.2, 0) is 9.84 Å². The zero-order valence-corrected chi connectivity index (χ0v) is 12.0. The second-order valence-corrected chi connectivity index (χ2v) is 7.83. The van der Waals surface area contributed by atoms with Crippen molar-refractivity contribution < 1.29 is 8.42 Å². The minimum Gasteiger partial charge on any atom is -0.310 e. The van der Waals surface area contributed by atoms with Crippen LogP contribution in [0.3, 0.4) is 0 Å². The Morgan fingerprint density at radius 3 is 2.63 bits per heavy atom. The Labute approximate surface area is 115 Å². The summed E-state index contributed by atoms with van der Waals surface area (Å²) in [6, 6.07) is 7.66. The first kappa shape index (κ1) is 13.1. The van der Waals surface area contributed by atoms with Gasteiger partial charge < -0.3 is 5.32 Å². The van der Waals surface area contributed by atoms with Crippen molar-refractivity contribution in [3.05, 3.63) is 29.8 Å². The molecule has 1 heterocycles. The normalized spacial score (nSPS) is 26.2. The van der Waals surface area contributed by atoms with Gasteiger partial charge >= 0.3 is 0 Å². The first-order chi connectivity index (χ1) is 9.17. The van der Waals surface area contributed by atoms with E-state index < -0.39 is 9.84 Å². The van der Waals surface area contributed by atoms with Gasteiger partial charge in [0.15, 0.2) is 9.84 Å². The van der Waals surface area contributed by atoms with Gasteiger partial charge in [-0.3, -0.25) is 0 Å². The second kappa shape index (κ2) is 5.25. The highest BCUT2D eigenvalue weighted by atomic mass is 32.2. The van der Waals surface area contributed by atoms with Crippen LogP contribution >= 0.6 is 0 Å². The molecule has 104 valence electrons. The van der Waals surface area contributed by atoms with Gasteiger partial charge in [0, 0.05) is 6.04 Å². The molecular formula is C15H21NO2S. The summed E-state index contributed by atoms with van der Waals surface area (Å²) in [4.78, 5) is 0.533. The Kier molecular flexibility index (Phi) is 3.63. The molecule has 3 rings (SSSR count). The van der Waals surface area contributed by atoms with E-state index in [1.165, 1.54) is 25.7 Å². The fourth-order valence-electron chi connectivity index (χ4n) is 3.33. The summed E-state index contributed by atoms with van der Waals surface area (Å²) >= 11 is 0. The highest BCUT2D eigenvalue weighted by molar-refractivity contribution is 7.91. The van der Waals surface area contributed by atoms with E-state index >= 15 is 0 Å². The lowest BCUT2D eigenvalue weighted by Gasteiger charge is -2.27. The maximum Gasteiger partial charge on any atom is 0.178 e. The monoisotopic (exact) mass is 279 g/mol. The van der Waals surface area contributed by atoms with Crippen LogP contribution in [0, 0.1) is 5.92 Å². The first-order valence-corrected chi connectivity index (χ1v) is 8.87. The zero-order chi connectivity index (χ0) is 13.3. The largest absolute Gasteiger partial charge is 0.310 e. The molecule has 0 aromatic heterocycles. The molecule has 3 nitrogen and oxygen atoms in total. The first-order valence-electron chi connectivity index (χ1n) is 7.22. The number of sulfone groups is 1. The smallest absolute Gasteiger partial charge is 0.178 e. The number of benzene rings is 1. The Balaban J connectivity index is 1.76. The van der Waals surface area contributed by atoms with Crippen LogP contribution in [0.25, 0.3) is 0 Å². The lowest BCUT2D eigenvalue weighted by atomic mass is 10.0. The van der Waals surface area contributed by atoms with E-state index in [0.29, 0.717) is 11.3 Å². The molecule has 0 amide bonds. The average molecular weight is 279 g/mol. The van der Waals surface area contributed by atoms with Crippen LogP contribution in [0.1, 0.15) is 43.7 Å². The van der Waals surface area contributed by atoms with Gasteiger partial charge in [-0.2, -0.15) is 0 Å². The van der Waals surface area contributed by atoms with Crippen molar-refractivity contribution >= 4 is 9.84 Å². The highest BCUT2D eigenvalue weighted by Gasteiger charge is 2.30. The van der Waals surface area contributed by atoms with Gasteiger partial charge in [0.2, 0.25) is 0 Å². The van der Waals surface area contributed by atoms with Gasteiger partial charge in [0.25, 0.3) is 0 Å². The van der Waals surface area contributed by atoms with Crippen LogP contribution in [0.4, 0.5) is 0 Å². The number of hydrogen-bond donors (Lipinski definition) is 1. The highest BCUT2D eigenvalue weighted by Crippen LogP contribution is 2.32. The molecule has 1 fully saturated rings. The Hall–Kier alpha value is -0.870. The Morgan fingerprint density at radius 2 is 1.84 bits per heavy atom. The molecule has 19 heavy (non-hydrogen) atoms. The summed E-state index contributed by atoms with van der Waals surface area (Å²) in [5, 5.41) is 3.59. The van der Waals surface area contributed by atoms with Gasteiger partial charge in [0.05, 0.1) is 10.6 Å². The third-order valence-corrected chi connectivity index (χ3v) is 6.25. The molecule has 2 aliphatic rings. The number of rotatable bonds is 3. The van der Waals surface area contributed by atoms with E-state index in [2.05, 4.69) is 5.32 Å². The van der Waals surface area contributed by atoms with E-state index in [1.807, 2.05) is 18.2 Å². The van der Waals surface area contributed by atoms with Crippen molar-refractivity contribution in [3.8, 4) is 0 Å². The van der Waals surface area contributed by atoms with Crippen molar-refractivity contribution in [3.63, 3.8) is 0 Å². The van der Waals surface area contributed by atoms with Crippen LogP contribution in [0.15, 0.2) is 29.2 Å². The summed E-state index contributed by atoms with van der Waals surface area (Å²) in [6.07, 6.45) is 6.04. The van der Waals surface area contributed by atoms with Gasteiger partial charge in [-0.05, 0) is 43.4 Å². The summed E-state index contributed by atoms with van der Waals surface area (Å²) < 4.78 is 24.1. The average Bonchev–Trinajstić information content (AvgIpc) is 2.91. The van der Waals surface area contributed by atoms with Gasteiger partial charge in [-0.1, -0.05) is 31.0 Å². The van der Waals surface area contributed by atoms with Crippen LogP contribution in [0.5, 0.6) is 0 Å². The fraction of sp³-hybridized carbons (Fsp3) is 0.600. The van der Waals surface area contributed by atoms with Crippen molar-refractivity contribution in [2.45, 2.75) is 43.0 Å². The van der Waals surface area contributed by atoms with Gasteiger partial charge in [0.1, 0.15) is 0 Å². The lowest BCUT2D eigenvalue weighted by molar-refractivity contribution is 0.422. The standard InChI is InChI=1S/C15H21NO2S/c17-19(18)10-9-14(13-7-3-4-8-15(13)19)16-11-12-5-1-2-6-12/h3-4,7-8,12,14,16H,1-2,5-6,9-11H2. The second-order valence-electron chi connectivity index (χ2n) is 5.76.